The number of amides is 3. The lowest BCUT2D eigenvalue weighted by molar-refractivity contribution is -0.136. The van der Waals surface area contributed by atoms with Gasteiger partial charge in [-0.2, -0.15) is 0 Å². The van der Waals surface area contributed by atoms with Gasteiger partial charge < -0.3 is 10.3 Å². The van der Waals surface area contributed by atoms with E-state index >= 15 is 0 Å². The Morgan fingerprint density at radius 3 is 2.57 bits per heavy atom. The molecule has 6 nitrogen and oxygen atoms in total. The molecule has 2 N–H and O–H groups in total. The third-order valence-corrected chi connectivity index (χ3v) is 3.30. The maximum atomic E-state index is 12.0. The van der Waals surface area contributed by atoms with E-state index in [2.05, 4.69) is 10.3 Å². The molecular formula is C15H13N3O3. The fourth-order valence-electron chi connectivity index (χ4n) is 2.22. The molecule has 1 aromatic carbocycles. The first-order chi connectivity index (χ1) is 10.1. The van der Waals surface area contributed by atoms with Crippen LogP contribution in [0.1, 0.15) is 10.5 Å². The molecule has 3 amide bonds. The van der Waals surface area contributed by atoms with E-state index in [1.54, 1.807) is 6.07 Å². The predicted molar refractivity (Wildman–Crippen MR) is 76.5 cm³/mol. The van der Waals surface area contributed by atoms with E-state index in [9.17, 15) is 14.4 Å². The number of para-hydroxylation sites is 1. The van der Waals surface area contributed by atoms with Gasteiger partial charge in [-0.25, -0.2) is 0 Å². The Morgan fingerprint density at radius 1 is 1.14 bits per heavy atom. The minimum absolute atomic E-state index is 0.163. The molecule has 106 valence electrons. The van der Waals surface area contributed by atoms with Crippen molar-refractivity contribution in [3.05, 3.63) is 48.2 Å². The van der Waals surface area contributed by atoms with Gasteiger partial charge in [-0.1, -0.05) is 18.2 Å². The maximum Gasteiger partial charge on any atom is 0.267 e. The molecule has 2 aromatic rings. The highest BCUT2D eigenvalue weighted by Gasteiger charge is 2.22. The fraction of sp³-hybridized carbons (Fsp3) is 0.133. The molecule has 1 aliphatic heterocycles. The molecule has 0 radical (unpaired) electrons. The van der Waals surface area contributed by atoms with Crippen LogP contribution in [0.15, 0.2) is 42.5 Å². The van der Waals surface area contributed by atoms with Gasteiger partial charge in [0.1, 0.15) is 5.69 Å². The van der Waals surface area contributed by atoms with Crippen LogP contribution in [0, 0.1) is 0 Å². The van der Waals surface area contributed by atoms with Crippen molar-refractivity contribution in [2.24, 2.45) is 0 Å². The maximum absolute atomic E-state index is 12.0. The van der Waals surface area contributed by atoms with E-state index in [0.717, 1.165) is 15.8 Å². The highest BCUT2D eigenvalue weighted by molar-refractivity contribution is 6.12. The average molecular weight is 283 g/mol. The summed E-state index contributed by atoms with van der Waals surface area (Å²) in [6, 6.07) is 9.35. The van der Waals surface area contributed by atoms with Crippen molar-refractivity contribution in [2.45, 2.75) is 0 Å². The third-order valence-electron chi connectivity index (χ3n) is 3.30. The number of nitrogens with one attached hydrogen (secondary N) is 2. The minimum Gasteiger partial charge on any atom is -0.351 e. The van der Waals surface area contributed by atoms with Gasteiger partial charge in [-0.3, -0.25) is 19.3 Å². The van der Waals surface area contributed by atoms with Crippen LogP contribution >= 0.6 is 0 Å². The molecule has 3 rings (SSSR count). The number of imide groups is 1. The zero-order valence-corrected chi connectivity index (χ0v) is 11.1. The topological polar surface area (TPSA) is 82.3 Å². The lowest BCUT2D eigenvalue weighted by atomic mass is 10.2. The van der Waals surface area contributed by atoms with Gasteiger partial charge in [0.05, 0.1) is 0 Å². The number of carbonyl (C=O) groups is 3. The van der Waals surface area contributed by atoms with Crippen molar-refractivity contribution >= 4 is 28.6 Å². The van der Waals surface area contributed by atoms with E-state index in [-0.39, 0.29) is 30.8 Å². The second kappa shape index (κ2) is 5.24. The number of carbonyl (C=O) groups excluding carboxylic acids is 3. The third kappa shape index (κ3) is 2.55. The summed E-state index contributed by atoms with van der Waals surface area (Å²) in [5.74, 6) is -0.960. The number of H-pyrrole nitrogens is 1. The van der Waals surface area contributed by atoms with Gasteiger partial charge >= 0.3 is 0 Å². The quantitative estimate of drug-likeness (QED) is 0.815. The Labute approximate surface area is 120 Å². The molecular weight excluding hydrogens is 270 g/mol. The normalized spacial score (nSPS) is 14.2. The standard InChI is InChI=1S/C15H13N3O3/c19-13-5-6-14(20)18(13)8-7-16-15(21)12-9-10-3-1-2-4-11(10)17-12/h1-6,9,17H,7-8H2,(H,16,21). The smallest absolute Gasteiger partial charge is 0.267 e. The van der Waals surface area contributed by atoms with E-state index in [0.29, 0.717) is 5.69 Å². The fourth-order valence-corrected chi connectivity index (χ4v) is 2.22. The number of aromatic amines is 1. The number of hydrogen-bond acceptors (Lipinski definition) is 3. The Kier molecular flexibility index (Phi) is 3.27. The number of benzene rings is 1. The molecule has 21 heavy (non-hydrogen) atoms. The Hall–Kier alpha value is -2.89. The summed E-state index contributed by atoms with van der Waals surface area (Å²) in [5, 5.41) is 3.64. The molecule has 0 saturated heterocycles. The van der Waals surface area contributed by atoms with Crippen molar-refractivity contribution in [3.8, 4) is 0 Å². The molecule has 1 aliphatic rings. The van der Waals surface area contributed by atoms with Gasteiger partial charge in [0, 0.05) is 36.1 Å². The van der Waals surface area contributed by atoms with E-state index < -0.39 is 0 Å². The molecule has 0 spiro atoms. The number of nitrogens with zero attached hydrogens (tertiary/aromatic N) is 1. The van der Waals surface area contributed by atoms with Crippen LogP contribution in [0.4, 0.5) is 0 Å². The number of hydrogen-bond donors (Lipinski definition) is 2. The van der Waals surface area contributed by atoms with Crippen molar-refractivity contribution < 1.29 is 14.4 Å². The van der Waals surface area contributed by atoms with Gasteiger partial charge in [0.25, 0.3) is 17.7 Å². The van der Waals surface area contributed by atoms with Crippen molar-refractivity contribution in [1.82, 2.24) is 15.2 Å². The van der Waals surface area contributed by atoms with E-state index in [1.165, 1.54) is 12.2 Å². The molecule has 0 aliphatic carbocycles. The minimum atomic E-state index is -0.347. The lowest BCUT2D eigenvalue weighted by Crippen LogP contribution is -2.38. The first kappa shape index (κ1) is 13.1. The van der Waals surface area contributed by atoms with E-state index in [1.807, 2.05) is 24.3 Å². The van der Waals surface area contributed by atoms with Gasteiger partial charge in [-0.15, -0.1) is 0 Å². The van der Waals surface area contributed by atoms with Crippen LogP contribution in [0.25, 0.3) is 10.9 Å². The molecule has 0 bridgehead atoms. The Bertz CT molecular complexity index is 709. The van der Waals surface area contributed by atoms with Crippen molar-refractivity contribution in [2.75, 3.05) is 13.1 Å². The number of rotatable bonds is 4. The summed E-state index contributed by atoms with van der Waals surface area (Å²) in [4.78, 5) is 38.8. The molecule has 6 heteroatoms. The molecule has 1 aromatic heterocycles. The molecule has 0 unspecified atom stereocenters. The second-order valence-corrected chi connectivity index (χ2v) is 4.69. The van der Waals surface area contributed by atoms with Crippen LogP contribution in [0.5, 0.6) is 0 Å². The lowest BCUT2D eigenvalue weighted by Gasteiger charge is -2.13. The van der Waals surface area contributed by atoms with Crippen LogP contribution < -0.4 is 5.32 Å². The first-order valence-electron chi connectivity index (χ1n) is 6.54. The summed E-state index contributed by atoms with van der Waals surface area (Å²) in [7, 11) is 0. The summed E-state index contributed by atoms with van der Waals surface area (Å²) >= 11 is 0. The summed E-state index contributed by atoms with van der Waals surface area (Å²) in [5.41, 5.74) is 1.34. The van der Waals surface area contributed by atoms with Crippen molar-refractivity contribution in [3.63, 3.8) is 0 Å². The van der Waals surface area contributed by atoms with Gasteiger partial charge in [-0.05, 0) is 12.1 Å². The summed E-state index contributed by atoms with van der Waals surface area (Å²) in [6.07, 6.45) is 2.45. The highest BCUT2D eigenvalue weighted by Crippen LogP contribution is 2.14. The summed E-state index contributed by atoms with van der Waals surface area (Å²) < 4.78 is 0. The number of fused-ring (bicyclic) bond motifs is 1. The zero-order chi connectivity index (χ0) is 14.8. The van der Waals surface area contributed by atoms with Gasteiger partial charge in [0.2, 0.25) is 0 Å². The van der Waals surface area contributed by atoms with E-state index in [4.69, 9.17) is 0 Å². The Balaban J connectivity index is 1.59. The SMILES string of the molecule is O=C(NCCN1C(=O)C=CC1=O)c1cc2ccccc2[nH]1. The molecule has 0 atom stereocenters. The predicted octanol–water partition coefficient (Wildman–Crippen LogP) is 0.823. The second-order valence-electron chi connectivity index (χ2n) is 4.69. The van der Waals surface area contributed by atoms with Gasteiger partial charge in [0.15, 0.2) is 0 Å². The molecule has 0 fully saturated rings. The first-order valence-corrected chi connectivity index (χ1v) is 6.54. The monoisotopic (exact) mass is 283 g/mol. The number of aromatic nitrogens is 1. The highest BCUT2D eigenvalue weighted by atomic mass is 16.2. The summed E-state index contributed by atoms with van der Waals surface area (Å²) in [6.45, 7) is 0.379. The van der Waals surface area contributed by atoms with Crippen LogP contribution in [-0.4, -0.2) is 40.7 Å². The zero-order valence-electron chi connectivity index (χ0n) is 11.1. The van der Waals surface area contributed by atoms with Crippen molar-refractivity contribution in [1.29, 1.82) is 0 Å². The van der Waals surface area contributed by atoms with Crippen LogP contribution in [-0.2, 0) is 9.59 Å². The average Bonchev–Trinajstić information content (AvgIpc) is 3.04. The molecule has 2 heterocycles. The van der Waals surface area contributed by atoms with Crippen LogP contribution in [0.3, 0.4) is 0 Å². The molecule has 0 saturated carbocycles. The van der Waals surface area contributed by atoms with Crippen LogP contribution in [0.2, 0.25) is 0 Å². The Morgan fingerprint density at radius 2 is 1.86 bits per heavy atom. The largest absolute Gasteiger partial charge is 0.351 e.